The Labute approximate surface area is 185 Å². The van der Waals surface area contributed by atoms with Crippen LogP contribution in [0.25, 0.3) is 11.1 Å². The van der Waals surface area contributed by atoms with Crippen LogP contribution in [0.3, 0.4) is 0 Å². The van der Waals surface area contributed by atoms with Crippen LogP contribution in [0.15, 0.2) is 103 Å². The molecule has 0 aliphatic heterocycles. The first-order valence-electron chi connectivity index (χ1n) is 10.1. The molecule has 0 aromatic heterocycles. The van der Waals surface area contributed by atoms with E-state index in [4.69, 9.17) is 9.94 Å². The van der Waals surface area contributed by atoms with E-state index >= 15 is 0 Å². The summed E-state index contributed by atoms with van der Waals surface area (Å²) in [6.45, 7) is 0. The van der Waals surface area contributed by atoms with Crippen LogP contribution in [0.4, 0.5) is 0 Å². The molecule has 158 valence electrons. The van der Waals surface area contributed by atoms with Crippen LogP contribution in [-0.4, -0.2) is 16.9 Å². The highest BCUT2D eigenvalue weighted by Crippen LogP contribution is 2.28. The summed E-state index contributed by atoms with van der Waals surface area (Å²) in [4.78, 5) is 25.3. The van der Waals surface area contributed by atoms with Crippen molar-refractivity contribution in [1.29, 1.82) is 0 Å². The van der Waals surface area contributed by atoms with E-state index in [-0.39, 0.29) is 17.8 Å². The number of ether oxygens (including phenoxy) is 1. The van der Waals surface area contributed by atoms with Crippen LogP contribution < -0.4 is 10.2 Å². The van der Waals surface area contributed by atoms with Gasteiger partial charge in [-0.25, -0.2) is 5.48 Å². The maximum atomic E-state index is 13.1. The molecule has 0 aliphatic carbocycles. The molecule has 1 amide bonds. The van der Waals surface area contributed by atoms with Gasteiger partial charge in [-0.2, -0.15) is 0 Å². The summed E-state index contributed by atoms with van der Waals surface area (Å²) in [7, 11) is 0. The van der Waals surface area contributed by atoms with Gasteiger partial charge in [0, 0.05) is 23.1 Å². The molecule has 0 unspecified atom stereocenters. The summed E-state index contributed by atoms with van der Waals surface area (Å²) in [5, 5.41) is 9.10. The van der Waals surface area contributed by atoms with Gasteiger partial charge >= 0.3 is 0 Å². The van der Waals surface area contributed by atoms with Gasteiger partial charge < -0.3 is 4.74 Å². The Kier molecular flexibility index (Phi) is 6.39. The highest BCUT2D eigenvalue weighted by molar-refractivity contribution is 6.04. The third-order valence-corrected chi connectivity index (χ3v) is 5.07. The summed E-state index contributed by atoms with van der Waals surface area (Å²) >= 11 is 0. The topological polar surface area (TPSA) is 75.6 Å². The number of hydrogen-bond donors (Lipinski definition) is 2. The summed E-state index contributed by atoms with van der Waals surface area (Å²) in [5.41, 5.74) is 4.52. The first-order chi connectivity index (χ1) is 15.7. The predicted molar refractivity (Wildman–Crippen MR) is 122 cm³/mol. The van der Waals surface area contributed by atoms with Crippen molar-refractivity contribution in [2.24, 2.45) is 0 Å². The van der Waals surface area contributed by atoms with Gasteiger partial charge in [-0.15, -0.1) is 0 Å². The SMILES string of the molecule is O=C(Cc1ccccc1Oc1ccccc1)c1ccc(C(=O)NO)c(-c2ccccc2)c1. The molecule has 0 saturated heterocycles. The fourth-order valence-corrected chi connectivity index (χ4v) is 3.47. The van der Waals surface area contributed by atoms with E-state index in [1.165, 1.54) is 0 Å². The predicted octanol–water partition coefficient (Wildman–Crippen LogP) is 5.69. The lowest BCUT2D eigenvalue weighted by atomic mass is 9.94. The van der Waals surface area contributed by atoms with Crippen LogP contribution in [-0.2, 0) is 6.42 Å². The van der Waals surface area contributed by atoms with Gasteiger partial charge in [-0.05, 0) is 41.5 Å². The lowest BCUT2D eigenvalue weighted by molar-refractivity contribution is 0.0707. The van der Waals surface area contributed by atoms with Crippen LogP contribution in [0.5, 0.6) is 11.5 Å². The van der Waals surface area contributed by atoms with Gasteiger partial charge in [0.05, 0.1) is 0 Å². The zero-order valence-corrected chi connectivity index (χ0v) is 17.2. The Bertz CT molecular complexity index is 1240. The fourth-order valence-electron chi connectivity index (χ4n) is 3.47. The third-order valence-electron chi connectivity index (χ3n) is 5.07. The van der Waals surface area contributed by atoms with E-state index in [0.717, 1.165) is 11.1 Å². The molecule has 0 spiro atoms. The average Bonchev–Trinajstić information content (AvgIpc) is 2.85. The van der Waals surface area contributed by atoms with Crippen molar-refractivity contribution in [1.82, 2.24) is 5.48 Å². The molecular weight excluding hydrogens is 402 g/mol. The molecule has 5 nitrogen and oxygen atoms in total. The molecule has 0 radical (unpaired) electrons. The summed E-state index contributed by atoms with van der Waals surface area (Å²) in [6.07, 6.45) is 0.142. The lowest BCUT2D eigenvalue weighted by Crippen LogP contribution is -2.20. The zero-order valence-electron chi connectivity index (χ0n) is 17.2. The second kappa shape index (κ2) is 9.73. The van der Waals surface area contributed by atoms with Crippen LogP contribution in [0.1, 0.15) is 26.3 Å². The molecular formula is C27H21NO4. The minimum atomic E-state index is -0.635. The number of ketones is 1. The van der Waals surface area contributed by atoms with Crippen molar-refractivity contribution < 1.29 is 19.5 Å². The monoisotopic (exact) mass is 423 g/mol. The van der Waals surface area contributed by atoms with E-state index in [2.05, 4.69) is 0 Å². The first-order valence-corrected chi connectivity index (χ1v) is 10.1. The molecule has 4 rings (SSSR count). The van der Waals surface area contributed by atoms with Crippen molar-refractivity contribution in [2.45, 2.75) is 6.42 Å². The Hall–Kier alpha value is -4.22. The molecule has 0 bridgehead atoms. The first kappa shape index (κ1) is 21.0. The van der Waals surface area contributed by atoms with Crippen LogP contribution in [0, 0.1) is 0 Å². The van der Waals surface area contributed by atoms with Crippen molar-refractivity contribution >= 4 is 11.7 Å². The van der Waals surface area contributed by atoms with E-state index in [0.29, 0.717) is 22.6 Å². The quantitative estimate of drug-likeness (QED) is 0.227. The average molecular weight is 423 g/mol. The lowest BCUT2D eigenvalue weighted by Gasteiger charge is -2.13. The van der Waals surface area contributed by atoms with Gasteiger partial charge in [0.15, 0.2) is 5.78 Å². The van der Waals surface area contributed by atoms with Gasteiger partial charge in [-0.3, -0.25) is 14.8 Å². The number of rotatable bonds is 7. The molecule has 4 aromatic carbocycles. The van der Waals surface area contributed by atoms with Crippen molar-refractivity contribution in [3.05, 3.63) is 120 Å². The molecule has 0 atom stereocenters. The smallest absolute Gasteiger partial charge is 0.275 e. The molecule has 32 heavy (non-hydrogen) atoms. The zero-order chi connectivity index (χ0) is 22.3. The Balaban J connectivity index is 1.64. The number of para-hydroxylation sites is 2. The molecule has 0 aliphatic rings. The van der Waals surface area contributed by atoms with E-state index in [1.54, 1.807) is 23.7 Å². The maximum absolute atomic E-state index is 13.1. The van der Waals surface area contributed by atoms with Crippen LogP contribution in [0.2, 0.25) is 0 Å². The second-order valence-electron chi connectivity index (χ2n) is 7.19. The standard InChI is InChI=1S/C27H21NO4/c29-25(18-21-11-7-8-14-26(21)32-22-12-5-2-6-13-22)20-15-16-23(27(30)28-31)24(17-20)19-9-3-1-4-10-19/h1-17,31H,18H2,(H,28,30). The number of hydroxylamine groups is 1. The highest BCUT2D eigenvalue weighted by Gasteiger charge is 2.17. The molecule has 0 fully saturated rings. The highest BCUT2D eigenvalue weighted by atomic mass is 16.5. The summed E-state index contributed by atoms with van der Waals surface area (Å²) in [6, 6.07) is 30.9. The van der Waals surface area contributed by atoms with E-state index < -0.39 is 5.91 Å². The number of Topliss-reactive ketones (excluding diaryl/α,β-unsaturated/α-hetero) is 1. The van der Waals surface area contributed by atoms with Crippen molar-refractivity contribution in [3.63, 3.8) is 0 Å². The van der Waals surface area contributed by atoms with E-state index in [9.17, 15) is 9.59 Å². The molecule has 4 aromatic rings. The van der Waals surface area contributed by atoms with Gasteiger partial charge in [0.25, 0.3) is 5.91 Å². The minimum Gasteiger partial charge on any atom is -0.457 e. The number of nitrogens with one attached hydrogen (secondary N) is 1. The Morgan fingerprint density at radius 2 is 1.44 bits per heavy atom. The minimum absolute atomic E-state index is 0.109. The molecule has 0 heterocycles. The van der Waals surface area contributed by atoms with Gasteiger partial charge in [0.2, 0.25) is 0 Å². The Morgan fingerprint density at radius 3 is 2.16 bits per heavy atom. The Morgan fingerprint density at radius 1 is 0.781 bits per heavy atom. The number of carbonyl (C=O) groups excluding carboxylic acids is 2. The largest absolute Gasteiger partial charge is 0.457 e. The fraction of sp³-hybridized carbons (Fsp3) is 0.0370. The number of benzene rings is 4. The van der Waals surface area contributed by atoms with Gasteiger partial charge in [0.1, 0.15) is 11.5 Å². The molecule has 5 heteroatoms. The third kappa shape index (κ3) is 4.74. The maximum Gasteiger partial charge on any atom is 0.275 e. The number of hydrogen-bond acceptors (Lipinski definition) is 4. The summed E-state index contributed by atoms with van der Waals surface area (Å²) < 4.78 is 5.97. The summed E-state index contributed by atoms with van der Waals surface area (Å²) in [5.74, 6) is 0.566. The number of amides is 1. The normalized spacial score (nSPS) is 10.4. The van der Waals surface area contributed by atoms with Crippen molar-refractivity contribution in [2.75, 3.05) is 0 Å². The molecule has 0 saturated carbocycles. The van der Waals surface area contributed by atoms with Crippen molar-refractivity contribution in [3.8, 4) is 22.6 Å². The molecule has 2 N–H and O–H groups in total. The van der Waals surface area contributed by atoms with Crippen LogP contribution >= 0.6 is 0 Å². The van der Waals surface area contributed by atoms with E-state index in [1.807, 2.05) is 84.9 Å². The number of carbonyl (C=O) groups is 2. The van der Waals surface area contributed by atoms with Gasteiger partial charge in [-0.1, -0.05) is 72.8 Å². The second-order valence-corrected chi connectivity index (χ2v) is 7.19.